The molecule has 0 spiro atoms. The van der Waals surface area contributed by atoms with Crippen molar-refractivity contribution in [1.29, 1.82) is 0 Å². The highest BCUT2D eigenvalue weighted by atomic mass is 79.9. The second-order valence-electron chi connectivity index (χ2n) is 4.47. The molecule has 1 aromatic carbocycles. The van der Waals surface area contributed by atoms with Crippen LogP contribution in [0.1, 0.15) is 21.6 Å². The number of anilines is 1. The maximum absolute atomic E-state index is 12.3. The van der Waals surface area contributed by atoms with Gasteiger partial charge in [-0.05, 0) is 41.9 Å². The molecule has 2 N–H and O–H groups in total. The number of nitrogens with one attached hydrogen (secondary N) is 2. The Bertz CT molecular complexity index is 657. The average Bonchev–Trinajstić information content (AvgIpc) is 2.79. The minimum absolute atomic E-state index is 0.284. The predicted molar refractivity (Wildman–Crippen MR) is 83.3 cm³/mol. The third-order valence-corrected chi connectivity index (χ3v) is 3.97. The Balaban J connectivity index is 2.33. The Morgan fingerprint density at radius 3 is 2.24 bits per heavy atom. The van der Waals surface area contributed by atoms with Gasteiger partial charge in [0.2, 0.25) is 0 Å². The molecule has 0 aliphatic carbocycles. The molecular weight excluding hydrogens is 338 g/mol. The quantitative estimate of drug-likeness (QED) is 0.885. The van der Waals surface area contributed by atoms with Crippen LogP contribution in [0.4, 0.5) is 5.82 Å². The van der Waals surface area contributed by atoms with E-state index >= 15 is 0 Å². The van der Waals surface area contributed by atoms with E-state index in [4.69, 9.17) is 9.47 Å². The van der Waals surface area contributed by atoms with Gasteiger partial charge in [0, 0.05) is 16.8 Å². The molecular formula is C14H16BrN3O3. The summed E-state index contributed by atoms with van der Waals surface area (Å²) in [6, 6.07) is 3.27. The van der Waals surface area contributed by atoms with E-state index in [0.717, 1.165) is 11.3 Å². The zero-order chi connectivity index (χ0) is 15.6. The van der Waals surface area contributed by atoms with Crippen molar-refractivity contribution < 1.29 is 14.3 Å². The van der Waals surface area contributed by atoms with Gasteiger partial charge < -0.3 is 14.8 Å². The standard InChI is InChI=1S/C14H16BrN3O3/c1-7-8(2)17-18-13(7)16-14(19)9-5-10(20-3)12(15)11(6-9)21-4/h5-6H,1-4H3,(H2,16,17,18,19). The molecule has 112 valence electrons. The van der Waals surface area contributed by atoms with E-state index in [1.54, 1.807) is 12.1 Å². The topological polar surface area (TPSA) is 76.2 Å². The van der Waals surface area contributed by atoms with Crippen LogP contribution in [0.3, 0.4) is 0 Å². The van der Waals surface area contributed by atoms with Crippen molar-refractivity contribution in [2.24, 2.45) is 0 Å². The highest BCUT2D eigenvalue weighted by molar-refractivity contribution is 9.10. The lowest BCUT2D eigenvalue weighted by Gasteiger charge is -2.11. The maximum atomic E-state index is 12.3. The molecule has 0 fully saturated rings. The molecule has 2 rings (SSSR count). The zero-order valence-corrected chi connectivity index (χ0v) is 13.8. The number of aromatic nitrogens is 2. The van der Waals surface area contributed by atoms with Gasteiger partial charge in [-0.2, -0.15) is 5.10 Å². The van der Waals surface area contributed by atoms with Crippen LogP contribution < -0.4 is 14.8 Å². The number of hydrogen-bond donors (Lipinski definition) is 2. The molecule has 0 aliphatic heterocycles. The van der Waals surface area contributed by atoms with E-state index in [9.17, 15) is 4.79 Å². The molecule has 0 saturated carbocycles. The first kappa shape index (κ1) is 15.4. The van der Waals surface area contributed by atoms with Crippen molar-refractivity contribution in [1.82, 2.24) is 10.2 Å². The summed E-state index contributed by atoms with van der Waals surface area (Å²) in [5.41, 5.74) is 2.24. The summed E-state index contributed by atoms with van der Waals surface area (Å²) in [5, 5.41) is 9.64. The van der Waals surface area contributed by atoms with E-state index in [1.807, 2.05) is 13.8 Å². The Morgan fingerprint density at radius 1 is 1.24 bits per heavy atom. The fourth-order valence-electron chi connectivity index (χ4n) is 1.79. The van der Waals surface area contributed by atoms with Gasteiger partial charge in [0.1, 0.15) is 16.0 Å². The third-order valence-electron chi connectivity index (χ3n) is 3.19. The number of rotatable bonds is 4. The number of ether oxygens (including phenoxy) is 2. The van der Waals surface area contributed by atoms with Crippen molar-refractivity contribution in [3.05, 3.63) is 33.4 Å². The van der Waals surface area contributed by atoms with Crippen molar-refractivity contribution in [3.8, 4) is 11.5 Å². The molecule has 0 radical (unpaired) electrons. The fourth-order valence-corrected chi connectivity index (χ4v) is 2.34. The number of halogens is 1. The molecule has 0 atom stereocenters. The van der Waals surface area contributed by atoms with Crippen LogP contribution in [-0.2, 0) is 0 Å². The number of methoxy groups -OCH3 is 2. The largest absolute Gasteiger partial charge is 0.495 e. The lowest BCUT2D eigenvalue weighted by atomic mass is 10.2. The van der Waals surface area contributed by atoms with E-state index in [-0.39, 0.29) is 5.91 Å². The SMILES string of the molecule is COc1cc(C(=O)Nc2n[nH]c(C)c2C)cc(OC)c1Br. The van der Waals surface area contributed by atoms with E-state index < -0.39 is 0 Å². The Kier molecular flexibility index (Phi) is 4.52. The normalized spacial score (nSPS) is 10.3. The van der Waals surface area contributed by atoms with Gasteiger partial charge in [-0.3, -0.25) is 9.89 Å². The van der Waals surface area contributed by atoms with Crippen molar-refractivity contribution in [2.75, 3.05) is 19.5 Å². The summed E-state index contributed by atoms with van der Waals surface area (Å²) >= 11 is 3.37. The van der Waals surface area contributed by atoms with Crippen molar-refractivity contribution in [3.63, 3.8) is 0 Å². The van der Waals surface area contributed by atoms with Crippen molar-refractivity contribution >= 4 is 27.7 Å². The first-order valence-electron chi connectivity index (χ1n) is 6.22. The lowest BCUT2D eigenvalue weighted by Crippen LogP contribution is -2.13. The number of carbonyl (C=O) groups excluding carboxylic acids is 1. The maximum Gasteiger partial charge on any atom is 0.257 e. The smallest absolute Gasteiger partial charge is 0.257 e. The number of nitrogens with zero attached hydrogens (tertiary/aromatic N) is 1. The van der Waals surface area contributed by atoms with Gasteiger partial charge in [0.05, 0.1) is 14.2 Å². The predicted octanol–water partition coefficient (Wildman–Crippen LogP) is 3.06. The fraction of sp³-hybridized carbons (Fsp3) is 0.286. The van der Waals surface area contributed by atoms with Crippen molar-refractivity contribution in [2.45, 2.75) is 13.8 Å². The first-order valence-corrected chi connectivity index (χ1v) is 7.01. The second-order valence-corrected chi connectivity index (χ2v) is 5.26. The van der Waals surface area contributed by atoms with Crippen LogP contribution in [0.15, 0.2) is 16.6 Å². The zero-order valence-electron chi connectivity index (χ0n) is 12.2. The van der Waals surface area contributed by atoms with E-state index in [2.05, 4.69) is 31.4 Å². The number of aryl methyl sites for hydroxylation is 1. The molecule has 0 bridgehead atoms. The van der Waals surface area contributed by atoms with Gasteiger partial charge in [0.15, 0.2) is 5.82 Å². The molecule has 1 amide bonds. The minimum atomic E-state index is -0.284. The molecule has 2 aromatic rings. The summed E-state index contributed by atoms with van der Waals surface area (Å²) < 4.78 is 11.1. The van der Waals surface area contributed by atoms with Crippen LogP contribution in [0.5, 0.6) is 11.5 Å². The monoisotopic (exact) mass is 353 g/mol. The third kappa shape index (κ3) is 3.02. The molecule has 1 heterocycles. The van der Waals surface area contributed by atoms with Gasteiger partial charge >= 0.3 is 0 Å². The molecule has 6 nitrogen and oxygen atoms in total. The number of carbonyl (C=O) groups is 1. The van der Waals surface area contributed by atoms with Gasteiger partial charge in [-0.25, -0.2) is 0 Å². The Labute approximate surface area is 131 Å². The molecule has 7 heteroatoms. The summed E-state index contributed by atoms with van der Waals surface area (Å²) in [7, 11) is 3.06. The molecule has 0 aliphatic rings. The van der Waals surface area contributed by atoms with E-state index in [0.29, 0.717) is 27.4 Å². The Hall–Kier alpha value is -2.02. The summed E-state index contributed by atoms with van der Waals surface area (Å²) in [6.07, 6.45) is 0. The van der Waals surface area contributed by atoms with Gasteiger partial charge in [-0.15, -0.1) is 0 Å². The molecule has 21 heavy (non-hydrogen) atoms. The number of benzene rings is 1. The van der Waals surface area contributed by atoms with Crippen LogP contribution in [0, 0.1) is 13.8 Å². The lowest BCUT2D eigenvalue weighted by molar-refractivity contribution is 0.102. The molecule has 0 saturated heterocycles. The number of H-pyrrole nitrogens is 1. The second kappa shape index (κ2) is 6.17. The highest BCUT2D eigenvalue weighted by Crippen LogP contribution is 2.35. The van der Waals surface area contributed by atoms with E-state index in [1.165, 1.54) is 14.2 Å². The number of amides is 1. The first-order chi connectivity index (χ1) is 9.97. The molecule has 0 unspecified atom stereocenters. The summed E-state index contributed by atoms with van der Waals surface area (Å²) in [6.45, 7) is 3.78. The summed E-state index contributed by atoms with van der Waals surface area (Å²) in [5.74, 6) is 1.27. The average molecular weight is 354 g/mol. The number of aromatic amines is 1. The minimum Gasteiger partial charge on any atom is -0.495 e. The van der Waals surface area contributed by atoms with Gasteiger partial charge in [0.25, 0.3) is 5.91 Å². The van der Waals surface area contributed by atoms with Gasteiger partial charge in [-0.1, -0.05) is 0 Å². The van der Waals surface area contributed by atoms with Crippen LogP contribution in [0.2, 0.25) is 0 Å². The number of hydrogen-bond acceptors (Lipinski definition) is 4. The van der Waals surface area contributed by atoms with Crippen LogP contribution in [0.25, 0.3) is 0 Å². The summed E-state index contributed by atoms with van der Waals surface area (Å²) in [4.78, 5) is 12.3. The van der Waals surface area contributed by atoms with Crippen LogP contribution >= 0.6 is 15.9 Å². The molecule has 1 aromatic heterocycles. The van der Waals surface area contributed by atoms with Crippen LogP contribution in [-0.4, -0.2) is 30.3 Å². The highest BCUT2D eigenvalue weighted by Gasteiger charge is 2.16. The Morgan fingerprint density at radius 2 is 1.81 bits per heavy atom.